The first kappa shape index (κ1) is 28.3. The number of anilines is 1. The number of hydrogen-bond acceptors (Lipinski definition) is 6. The topological polar surface area (TPSA) is 94.9 Å². The number of halogens is 1. The SMILES string of the molecule is COCCCN(CC(=O)Nc1cc(-c2ccccc2)nn1-c1ccc(F)cc1)C(=O)c1cc(OC)cc(OC)c1. The van der Waals surface area contributed by atoms with Gasteiger partial charge in [-0.1, -0.05) is 30.3 Å². The number of carbonyl (C=O) groups excluding carboxylic acids is 2. The van der Waals surface area contributed by atoms with E-state index in [1.807, 2.05) is 30.3 Å². The number of rotatable bonds is 12. The summed E-state index contributed by atoms with van der Waals surface area (Å²) in [6.07, 6.45) is 0.530. The molecule has 0 atom stereocenters. The zero-order valence-electron chi connectivity index (χ0n) is 22.6. The Labute approximate surface area is 232 Å². The first-order valence-electron chi connectivity index (χ1n) is 12.6. The molecule has 0 spiro atoms. The van der Waals surface area contributed by atoms with Crippen LogP contribution in [0.25, 0.3) is 16.9 Å². The first-order valence-corrected chi connectivity index (χ1v) is 12.6. The number of aromatic nitrogens is 2. The Morgan fingerprint density at radius 2 is 1.60 bits per heavy atom. The lowest BCUT2D eigenvalue weighted by Crippen LogP contribution is -2.39. The fraction of sp³-hybridized carbons (Fsp3) is 0.233. The minimum Gasteiger partial charge on any atom is -0.497 e. The smallest absolute Gasteiger partial charge is 0.254 e. The molecule has 9 nitrogen and oxygen atoms in total. The molecule has 4 rings (SSSR count). The van der Waals surface area contributed by atoms with Gasteiger partial charge in [0.05, 0.1) is 25.6 Å². The number of carbonyl (C=O) groups is 2. The van der Waals surface area contributed by atoms with E-state index in [-0.39, 0.29) is 24.8 Å². The molecule has 0 aliphatic heterocycles. The number of nitrogens with zero attached hydrogens (tertiary/aromatic N) is 3. The predicted octanol–water partition coefficient (Wildman–Crippen LogP) is 4.81. The summed E-state index contributed by atoms with van der Waals surface area (Å²) in [7, 11) is 4.58. The van der Waals surface area contributed by atoms with Crippen molar-refractivity contribution in [3.63, 3.8) is 0 Å². The van der Waals surface area contributed by atoms with E-state index in [4.69, 9.17) is 14.2 Å². The number of benzene rings is 3. The van der Waals surface area contributed by atoms with Gasteiger partial charge in [-0.25, -0.2) is 9.07 Å². The summed E-state index contributed by atoms with van der Waals surface area (Å²) in [5, 5.41) is 7.53. The van der Waals surface area contributed by atoms with Crippen molar-refractivity contribution in [2.24, 2.45) is 0 Å². The molecule has 40 heavy (non-hydrogen) atoms. The highest BCUT2D eigenvalue weighted by Crippen LogP contribution is 2.26. The lowest BCUT2D eigenvalue weighted by Gasteiger charge is -2.23. The van der Waals surface area contributed by atoms with Crippen molar-refractivity contribution >= 4 is 17.6 Å². The molecule has 0 saturated heterocycles. The van der Waals surface area contributed by atoms with E-state index < -0.39 is 5.91 Å². The van der Waals surface area contributed by atoms with E-state index >= 15 is 0 Å². The molecule has 10 heteroatoms. The van der Waals surface area contributed by atoms with Crippen LogP contribution >= 0.6 is 0 Å². The molecule has 1 N–H and O–H groups in total. The quantitative estimate of drug-likeness (QED) is 0.256. The van der Waals surface area contributed by atoms with E-state index in [1.165, 1.54) is 35.9 Å². The van der Waals surface area contributed by atoms with Crippen LogP contribution in [0, 0.1) is 5.82 Å². The second-order valence-corrected chi connectivity index (χ2v) is 8.89. The van der Waals surface area contributed by atoms with Crippen LogP contribution in [0.4, 0.5) is 10.2 Å². The Balaban J connectivity index is 1.61. The fourth-order valence-electron chi connectivity index (χ4n) is 4.12. The Morgan fingerprint density at radius 3 is 2.23 bits per heavy atom. The van der Waals surface area contributed by atoms with Gasteiger partial charge in [-0.05, 0) is 42.8 Å². The van der Waals surface area contributed by atoms with Gasteiger partial charge in [0.15, 0.2) is 0 Å². The maximum atomic E-state index is 13.6. The second kappa shape index (κ2) is 13.4. The molecule has 0 saturated carbocycles. The highest BCUT2D eigenvalue weighted by Gasteiger charge is 2.22. The molecular weight excluding hydrogens is 515 g/mol. The van der Waals surface area contributed by atoms with E-state index in [2.05, 4.69) is 10.4 Å². The number of methoxy groups -OCH3 is 3. The third-order valence-corrected chi connectivity index (χ3v) is 6.11. The number of nitrogens with one attached hydrogen (secondary N) is 1. The molecule has 0 fully saturated rings. The second-order valence-electron chi connectivity index (χ2n) is 8.89. The van der Waals surface area contributed by atoms with Gasteiger partial charge in [-0.3, -0.25) is 9.59 Å². The molecule has 0 aliphatic carbocycles. The lowest BCUT2D eigenvalue weighted by atomic mass is 10.1. The third kappa shape index (κ3) is 7.03. The van der Waals surface area contributed by atoms with Gasteiger partial charge in [-0.15, -0.1) is 0 Å². The van der Waals surface area contributed by atoms with Crippen LogP contribution in [0.3, 0.4) is 0 Å². The first-order chi connectivity index (χ1) is 19.4. The number of amides is 2. The molecular formula is C30H31FN4O5. The Kier molecular flexibility index (Phi) is 9.48. The van der Waals surface area contributed by atoms with Crippen LogP contribution < -0.4 is 14.8 Å². The summed E-state index contributed by atoms with van der Waals surface area (Å²) in [5.74, 6) is 0.122. The highest BCUT2D eigenvalue weighted by atomic mass is 19.1. The summed E-state index contributed by atoms with van der Waals surface area (Å²) >= 11 is 0. The van der Waals surface area contributed by atoms with Crippen LogP contribution in [0.1, 0.15) is 16.8 Å². The third-order valence-electron chi connectivity index (χ3n) is 6.11. The molecule has 0 aliphatic rings. The van der Waals surface area contributed by atoms with Gasteiger partial charge in [0, 0.05) is 43.5 Å². The Hall–Kier alpha value is -4.70. The molecule has 1 heterocycles. The van der Waals surface area contributed by atoms with Crippen molar-refractivity contribution in [2.75, 3.05) is 46.3 Å². The van der Waals surface area contributed by atoms with Gasteiger partial charge in [0.2, 0.25) is 5.91 Å². The lowest BCUT2D eigenvalue weighted by molar-refractivity contribution is -0.117. The van der Waals surface area contributed by atoms with Crippen molar-refractivity contribution in [3.05, 3.63) is 90.2 Å². The van der Waals surface area contributed by atoms with E-state index in [0.717, 1.165) is 5.56 Å². The van der Waals surface area contributed by atoms with Crippen molar-refractivity contribution < 1.29 is 28.2 Å². The summed E-state index contributed by atoms with van der Waals surface area (Å²) in [6.45, 7) is 0.480. The monoisotopic (exact) mass is 546 g/mol. The van der Waals surface area contributed by atoms with Crippen LogP contribution in [0.5, 0.6) is 11.5 Å². The van der Waals surface area contributed by atoms with Gasteiger partial charge < -0.3 is 24.4 Å². The largest absolute Gasteiger partial charge is 0.497 e. The predicted molar refractivity (Wildman–Crippen MR) is 150 cm³/mol. The molecule has 0 unspecified atom stereocenters. The van der Waals surface area contributed by atoms with Gasteiger partial charge >= 0.3 is 0 Å². The zero-order valence-corrected chi connectivity index (χ0v) is 22.6. The minimum atomic E-state index is -0.427. The van der Waals surface area contributed by atoms with Crippen LogP contribution in [0.2, 0.25) is 0 Å². The summed E-state index contributed by atoms with van der Waals surface area (Å²) in [4.78, 5) is 28.3. The summed E-state index contributed by atoms with van der Waals surface area (Å²) in [6, 6.07) is 21.9. The van der Waals surface area contributed by atoms with Gasteiger partial charge in [0.1, 0.15) is 29.7 Å². The van der Waals surface area contributed by atoms with Gasteiger partial charge in [-0.2, -0.15) is 5.10 Å². The van der Waals surface area contributed by atoms with Crippen molar-refractivity contribution in [1.29, 1.82) is 0 Å². The molecule has 0 bridgehead atoms. The average Bonchev–Trinajstić information content (AvgIpc) is 3.40. The molecule has 4 aromatic rings. The molecule has 2 amide bonds. The van der Waals surface area contributed by atoms with Crippen molar-refractivity contribution in [3.8, 4) is 28.4 Å². The fourth-order valence-corrected chi connectivity index (χ4v) is 4.12. The van der Waals surface area contributed by atoms with E-state index in [1.54, 1.807) is 43.5 Å². The van der Waals surface area contributed by atoms with Crippen LogP contribution in [0.15, 0.2) is 78.9 Å². The van der Waals surface area contributed by atoms with E-state index in [0.29, 0.717) is 47.3 Å². The van der Waals surface area contributed by atoms with Crippen molar-refractivity contribution in [2.45, 2.75) is 6.42 Å². The molecule has 208 valence electrons. The maximum absolute atomic E-state index is 13.6. The van der Waals surface area contributed by atoms with Crippen molar-refractivity contribution in [1.82, 2.24) is 14.7 Å². The number of ether oxygens (including phenoxy) is 3. The molecule has 1 aromatic heterocycles. The minimum absolute atomic E-state index is 0.225. The normalized spacial score (nSPS) is 10.7. The summed E-state index contributed by atoms with van der Waals surface area (Å²) < 4.78 is 30.9. The average molecular weight is 547 g/mol. The highest BCUT2D eigenvalue weighted by molar-refractivity contribution is 6.00. The Bertz CT molecular complexity index is 1420. The van der Waals surface area contributed by atoms with Crippen LogP contribution in [-0.4, -0.2) is 67.5 Å². The standard InChI is InChI=1S/C30H31FN4O5/c1-38-15-7-14-34(30(37)22-16-25(39-2)18-26(17-22)40-3)20-29(36)32-28-19-27(21-8-5-4-6-9-21)33-35(28)24-12-10-23(31)11-13-24/h4-6,8-13,16-19H,7,14-15,20H2,1-3H3,(H,32,36). The zero-order chi connectivity index (χ0) is 28.5. The number of hydrogen-bond donors (Lipinski definition) is 1. The molecule has 3 aromatic carbocycles. The van der Waals surface area contributed by atoms with E-state index in [9.17, 15) is 14.0 Å². The summed E-state index contributed by atoms with van der Waals surface area (Å²) in [5.41, 5.74) is 2.36. The van der Waals surface area contributed by atoms with Crippen LogP contribution in [-0.2, 0) is 9.53 Å². The van der Waals surface area contributed by atoms with Gasteiger partial charge in [0.25, 0.3) is 5.91 Å². The Morgan fingerprint density at radius 1 is 0.925 bits per heavy atom. The molecule has 0 radical (unpaired) electrons. The maximum Gasteiger partial charge on any atom is 0.254 e.